The molecule has 0 radical (unpaired) electrons. The van der Waals surface area contributed by atoms with E-state index >= 15 is 0 Å². The summed E-state index contributed by atoms with van der Waals surface area (Å²) >= 11 is 8.44. The van der Waals surface area contributed by atoms with E-state index < -0.39 is 0 Å². The summed E-state index contributed by atoms with van der Waals surface area (Å²) in [5.74, 6) is 5.46. The number of nitrogens with two attached hydrogens (primary N) is 1. The summed E-state index contributed by atoms with van der Waals surface area (Å²) in [7, 11) is 0. The number of amides is 1. The van der Waals surface area contributed by atoms with E-state index in [0.29, 0.717) is 16.4 Å². The minimum absolute atomic E-state index is 0.347. The molecular weight excluding hydrogens is 403 g/mol. The highest BCUT2D eigenvalue weighted by Crippen LogP contribution is 2.29. The molecule has 0 atom stereocenters. The second-order valence-corrected chi connectivity index (χ2v) is 6.07. The molecule has 21 heavy (non-hydrogen) atoms. The standard InChI is InChI=1S/C14H10ClIN4O/c15-10-3-2-8(16)6-9(10)13-18-11-4-1-7(14(21)20-17)5-12(11)19-13/h1-6H,17H2,(H,18,19)(H,20,21). The van der Waals surface area contributed by atoms with Gasteiger partial charge < -0.3 is 4.98 Å². The molecule has 0 fully saturated rings. The Hall–Kier alpha value is -1.64. The molecule has 1 aromatic heterocycles. The second-order valence-electron chi connectivity index (χ2n) is 4.41. The van der Waals surface area contributed by atoms with Crippen LogP contribution >= 0.6 is 34.2 Å². The number of nitrogens with one attached hydrogen (secondary N) is 2. The van der Waals surface area contributed by atoms with Crippen molar-refractivity contribution in [3.05, 3.63) is 50.6 Å². The maximum atomic E-state index is 11.5. The summed E-state index contributed by atoms with van der Waals surface area (Å²) in [6, 6.07) is 10.9. The average Bonchev–Trinajstić information content (AvgIpc) is 2.91. The number of hydrogen-bond donors (Lipinski definition) is 3. The number of carbonyl (C=O) groups is 1. The summed E-state index contributed by atoms with van der Waals surface area (Å²) in [6.07, 6.45) is 0. The van der Waals surface area contributed by atoms with Gasteiger partial charge in [0, 0.05) is 14.7 Å². The Morgan fingerprint density at radius 2 is 2.10 bits per heavy atom. The van der Waals surface area contributed by atoms with Gasteiger partial charge >= 0.3 is 0 Å². The lowest BCUT2D eigenvalue weighted by Crippen LogP contribution is -2.29. The van der Waals surface area contributed by atoms with Crippen LogP contribution in [-0.4, -0.2) is 15.9 Å². The monoisotopic (exact) mass is 412 g/mol. The first-order valence-electron chi connectivity index (χ1n) is 6.04. The molecule has 106 valence electrons. The van der Waals surface area contributed by atoms with Gasteiger partial charge in [-0.1, -0.05) is 11.6 Å². The van der Waals surface area contributed by atoms with Crippen molar-refractivity contribution in [2.24, 2.45) is 5.84 Å². The average molecular weight is 413 g/mol. The van der Waals surface area contributed by atoms with Crippen molar-refractivity contribution in [2.75, 3.05) is 0 Å². The third kappa shape index (κ3) is 2.74. The van der Waals surface area contributed by atoms with Crippen LogP contribution in [0.3, 0.4) is 0 Å². The molecular formula is C14H10ClIN4O. The van der Waals surface area contributed by atoms with Crippen LogP contribution in [0.2, 0.25) is 5.02 Å². The fourth-order valence-corrected chi connectivity index (χ4v) is 2.74. The van der Waals surface area contributed by atoms with E-state index in [9.17, 15) is 4.79 Å². The molecule has 7 heteroatoms. The quantitative estimate of drug-likeness (QED) is 0.262. The van der Waals surface area contributed by atoms with Crippen LogP contribution in [0.15, 0.2) is 36.4 Å². The number of carbonyl (C=O) groups excluding carboxylic acids is 1. The summed E-state index contributed by atoms with van der Waals surface area (Å²) in [5, 5.41) is 0.620. The van der Waals surface area contributed by atoms with Crippen molar-refractivity contribution in [3.8, 4) is 11.4 Å². The molecule has 0 aliphatic carbocycles. The van der Waals surface area contributed by atoms with Gasteiger partial charge in [0.1, 0.15) is 5.82 Å². The van der Waals surface area contributed by atoms with E-state index in [2.05, 4.69) is 38.0 Å². The summed E-state index contributed by atoms with van der Waals surface area (Å²) < 4.78 is 1.07. The van der Waals surface area contributed by atoms with Crippen molar-refractivity contribution in [1.29, 1.82) is 0 Å². The Kier molecular flexibility index (Phi) is 3.83. The van der Waals surface area contributed by atoms with Gasteiger partial charge in [-0.05, 0) is 59.0 Å². The summed E-state index contributed by atoms with van der Waals surface area (Å²) in [6.45, 7) is 0. The molecule has 0 aliphatic heterocycles. The van der Waals surface area contributed by atoms with Crippen molar-refractivity contribution in [2.45, 2.75) is 0 Å². The van der Waals surface area contributed by atoms with E-state index in [4.69, 9.17) is 17.4 Å². The number of nitrogen functional groups attached to an aromatic ring is 1. The molecule has 0 bridgehead atoms. The van der Waals surface area contributed by atoms with Crippen LogP contribution in [0.5, 0.6) is 0 Å². The maximum Gasteiger partial charge on any atom is 0.265 e. The first kappa shape index (κ1) is 14.3. The van der Waals surface area contributed by atoms with Gasteiger partial charge in [0.15, 0.2) is 0 Å². The Bertz CT molecular complexity index is 846. The highest BCUT2D eigenvalue weighted by Gasteiger charge is 2.11. The predicted molar refractivity (Wildman–Crippen MR) is 90.9 cm³/mol. The van der Waals surface area contributed by atoms with Crippen LogP contribution in [-0.2, 0) is 0 Å². The number of rotatable bonds is 2. The fraction of sp³-hybridized carbons (Fsp3) is 0. The van der Waals surface area contributed by atoms with Crippen molar-refractivity contribution in [1.82, 2.24) is 15.4 Å². The zero-order valence-corrected chi connectivity index (χ0v) is 13.6. The summed E-state index contributed by atoms with van der Waals surface area (Å²) in [4.78, 5) is 19.2. The highest BCUT2D eigenvalue weighted by molar-refractivity contribution is 14.1. The van der Waals surface area contributed by atoms with Crippen molar-refractivity contribution >= 4 is 51.1 Å². The van der Waals surface area contributed by atoms with Crippen LogP contribution in [0.25, 0.3) is 22.4 Å². The first-order chi connectivity index (χ1) is 10.1. The zero-order chi connectivity index (χ0) is 15.0. The van der Waals surface area contributed by atoms with Gasteiger partial charge in [0.25, 0.3) is 5.91 Å². The van der Waals surface area contributed by atoms with Crippen LogP contribution < -0.4 is 11.3 Å². The van der Waals surface area contributed by atoms with E-state index in [0.717, 1.165) is 20.2 Å². The van der Waals surface area contributed by atoms with E-state index in [1.54, 1.807) is 18.2 Å². The molecule has 0 unspecified atom stereocenters. The van der Waals surface area contributed by atoms with Crippen LogP contribution in [0.1, 0.15) is 10.4 Å². The smallest absolute Gasteiger partial charge is 0.265 e. The van der Waals surface area contributed by atoms with Crippen LogP contribution in [0, 0.1) is 3.57 Å². The third-order valence-corrected chi connectivity index (χ3v) is 4.06. The highest BCUT2D eigenvalue weighted by atomic mass is 127. The largest absolute Gasteiger partial charge is 0.338 e. The number of benzene rings is 2. The normalized spacial score (nSPS) is 10.8. The SMILES string of the molecule is NNC(=O)c1ccc2nc(-c3cc(I)ccc3Cl)[nH]c2c1. The number of halogens is 2. The van der Waals surface area contributed by atoms with Crippen LogP contribution in [0.4, 0.5) is 0 Å². The van der Waals surface area contributed by atoms with Crippen molar-refractivity contribution < 1.29 is 4.79 Å². The molecule has 3 aromatic rings. The number of hydrogen-bond acceptors (Lipinski definition) is 3. The summed E-state index contributed by atoms with van der Waals surface area (Å²) in [5.41, 5.74) is 4.90. The van der Waals surface area contributed by atoms with Gasteiger partial charge in [-0.15, -0.1) is 0 Å². The third-order valence-electron chi connectivity index (χ3n) is 3.06. The lowest BCUT2D eigenvalue weighted by molar-refractivity contribution is 0.0954. The molecule has 1 amide bonds. The van der Waals surface area contributed by atoms with E-state index in [-0.39, 0.29) is 5.91 Å². The van der Waals surface area contributed by atoms with Crippen molar-refractivity contribution in [3.63, 3.8) is 0 Å². The number of aromatic amines is 1. The number of nitrogens with zero attached hydrogens (tertiary/aromatic N) is 1. The minimum atomic E-state index is -0.347. The molecule has 0 saturated carbocycles. The van der Waals surface area contributed by atoms with Gasteiger partial charge in [0.05, 0.1) is 16.1 Å². The Morgan fingerprint density at radius 1 is 1.29 bits per heavy atom. The fourth-order valence-electron chi connectivity index (χ4n) is 2.04. The maximum absolute atomic E-state index is 11.5. The molecule has 4 N–H and O–H groups in total. The molecule has 2 aromatic carbocycles. The zero-order valence-electron chi connectivity index (χ0n) is 10.7. The lowest BCUT2D eigenvalue weighted by Gasteiger charge is -2.00. The van der Waals surface area contributed by atoms with Gasteiger partial charge in [-0.3, -0.25) is 10.2 Å². The lowest BCUT2D eigenvalue weighted by atomic mass is 10.2. The number of aromatic nitrogens is 2. The molecule has 0 aliphatic rings. The van der Waals surface area contributed by atoms with Gasteiger partial charge in [-0.25, -0.2) is 10.8 Å². The van der Waals surface area contributed by atoms with Gasteiger partial charge in [0.2, 0.25) is 0 Å². The van der Waals surface area contributed by atoms with E-state index in [1.807, 2.05) is 18.2 Å². The Balaban J connectivity index is 2.13. The van der Waals surface area contributed by atoms with Gasteiger partial charge in [-0.2, -0.15) is 0 Å². The molecule has 1 heterocycles. The number of hydrazine groups is 1. The molecule has 0 spiro atoms. The first-order valence-corrected chi connectivity index (χ1v) is 7.50. The second kappa shape index (κ2) is 5.63. The molecule has 5 nitrogen and oxygen atoms in total. The number of fused-ring (bicyclic) bond motifs is 1. The minimum Gasteiger partial charge on any atom is -0.338 e. The van der Waals surface area contributed by atoms with E-state index in [1.165, 1.54) is 0 Å². The molecule has 3 rings (SSSR count). The Labute approximate surface area is 139 Å². The Morgan fingerprint density at radius 3 is 2.86 bits per heavy atom. The number of imidazole rings is 1. The predicted octanol–water partition coefficient (Wildman–Crippen LogP) is 3.09. The number of H-pyrrole nitrogens is 1. The molecule has 0 saturated heterocycles. The topological polar surface area (TPSA) is 83.8 Å².